The molecule has 5 heteroatoms. The zero-order chi connectivity index (χ0) is 10.7. The Balaban J connectivity index is 3.15. The average Bonchev–Trinajstić information content (AvgIpc) is 2.07. The number of nitro groups is 1. The molecule has 0 fully saturated rings. The molecule has 1 atom stereocenters. The number of hydrogen-bond donors (Lipinski definition) is 1. The Morgan fingerprint density at radius 2 is 2.29 bits per heavy atom. The summed E-state index contributed by atoms with van der Waals surface area (Å²) < 4.78 is 0. The van der Waals surface area contributed by atoms with Crippen molar-refractivity contribution in [3.63, 3.8) is 0 Å². The second-order valence-corrected chi connectivity index (χ2v) is 3.45. The summed E-state index contributed by atoms with van der Waals surface area (Å²) in [6.07, 6.45) is -0.454. The minimum Gasteiger partial charge on any atom is -0.393 e. The van der Waals surface area contributed by atoms with Crippen LogP contribution >= 0.6 is 11.6 Å². The molecule has 14 heavy (non-hydrogen) atoms. The van der Waals surface area contributed by atoms with Gasteiger partial charge in [-0.25, -0.2) is 0 Å². The largest absolute Gasteiger partial charge is 0.393 e. The van der Waals surface area contributed by atoms with Gasteiger partial charge in [-0.15, -0.1) is 0 Å². The fraction of sp³-hybridized carbons (Fsp3) is 0.333. The van der Waals surface area contributed by atoms with E-state index in [1.54, 1.807) is 13.0 Å². The van der Waals surface area contributed by atoms with E-state index in [1.807, 2.05) is 0 Å². The van der Waals surface area contributed by atoms with E-state index in [2.05, 4.69) is 0 Å². The summed E-state index contributed by atoms with van der Waals surface area (Å²) in [5, 5.41) is 20.1. The lowest BCUT2D eigenvalue weighted by atomic mass is 10.1. The van der Waals surface area contributed by atoms with Crippen LogP contribution in [0.2, 0.25) is 5.02 Å². The highest BCUT2D eigenvalue weighted by atomic mass is 35.5. The molecular formula is C9H10ClNO3. The van der Waals surface area contributed by atoms with E-state index < -0.39 is 11.0 Å². The third kappa shape index (κ3) is 2.43. The molecule has 0 spiro atoms. The van der Waals surface area contributed by atoms with Crippen LogP contribution in [0.25, 0.3) is 0 Å². The lowest BCUT2D eigenvalue weighted by Gasteiger charge is -2.06. The Morgan fingerprint density at radius 1 is 1.64 bits per heavy atom. The van der Waals surface area contributed by atoms with Crippen LogP contribution in [0.3, 0.4) is 0 Å². The Morgan fingerprint density at radius 3 is 2.79 bits per heavy atom. The standard InChI is InChI=1S/C9H10ClNO3/c1-6(12)5-7-8(10)3-2-4-9(7)11(13)14/h2-4,6,12H,5H2,1H3/t6-/m1/s1. The van der Waals surface area contributed by atoms with Gasteiger partial charge in [-0.05, 0) is 13.0 Å². The van der Waals surface area contributed by atoms with Crippen molar-refractivity contribution in [2.24, 2.45) is 0 Å². The SMILES string of the molecule is C[C@@H](O)Cc1c(Cl)cccc1[N+](=O)[O-]. The van der Waals surface area contributed by atoms with Crippen LogP contribution in [0.4, 0.5) is 5.69 Å². The summed E-state index contributed by atoms with van der Waals surface area (Å²) in [7, 11) is 0. The molecule has 0 amide bonds. The van der Waals surface area contributed by atoms with Crippen LogP contribution < -0.4 is 0 Å². The van der Waals surface area contributed by atoms with Crippen molar-refractivity contribution in [3.05, 3.63) is 38.9 Å². The van der Waals surface area contributed by atoms with Crippen molar-refractivity contribution in [1.82, 2.24) is 0 Å². The highest BCUT2D eigenvalue weighted by molar-refractivity contribution is 6.31. The van der Waals surface area contributed by atoms with Gasteiger partial charge < -0.3 is 5.11 Å². The topological polar surface area (TPSA) is 63.4 Å². The van der Waals surface area contributed by atoms with Gasteiger partial charge >= 0.3 is 0 Å². The predicted molar refractivity (Wildman–Crippen MR) is 53.5 cm³/mol. The maximum Gasteiger partial charge on any atom is 0.274 e. The number of aliphatic hydroxyl groups excluding tert-OH is 1. The molecule has 0 unspecified atom stereocenters. The summed E-state index contributed by atoms with van der Waals surface area (Å²) in [6, 6.07) is 4.47. The van der Waals surface area contributed by atoms with Gasteiger partial charge in [0, 0.05) is 12.5 Å². The number of nitro benzene ring substituents is 1. The number of halogens is 1. The Kier molecular flexibility index (Phi) is 3.43. The predicted octanol–water partition coefficient (Wildman–Crippen LogP) is 2.17. The molecule has 1 aromatic carbocycles. The van der Waals surface area contributed by atoms with Gasteiger partial charge in [0.2, 0.25) is 0 Å². The van der Waals surface area contributed by atoms with Gasteiger partial charge in [-0.2, -0.15) is 0 Å². The van der Waals surface area contributed by atoms with Crippen LogP contribution in [0.15, 0.2) is 18.2 Å². The molecule has 0 saturated carbocycles. The molecule has 0 aromatic heterocycles. The second kappa shape index (κ2) is 4.39. The number of nitrogens with zero attached hydrogens (tertiary/aromatic N) is 1. The summed E-state index contributed by atoms with van der Waals surface area (Å²) in [6.45, 7) is 1.56. The van der Waals surface area contributed by atoms with Gasteiger partial charge in [0.05, 0.1) is 21.6 Å². The zero-order valence-corrected chi connectivity index (χ0v) is 8.36. The molecule has 1 N–H and O–H groups in total. The van der Waals surface area contributed by atoms with Crippen molar-refractivity contribution in [3.8, 4) is 0 Å². The second-order valence-electron chi connectivity index (χ2n) is 3.05. The van der Waals surface area contributed by atoms with E-state index in [1.165, 1.54) is 12.1 Å². The van der Waals surface area contributed by atoms with E-state index in [9.17, 15) is 10.1 Å². The van der Waals surface area contributed by atoms with Crippen LogP contribution in [0.1, 0.15) is 12.5 Å². The van der Waals surface area contributed by atoms with Gasteiger partial charge in [0.1, 0.15) is 0 Å². The minimum absolute atomic E-state index is 0.0431. The van der Waals surface area contributed by atoms with Gasteiger partial charge in [-0.3, -0.25) is 10.1 Å². The summed E-state index contributed by atoms with van der Waals surface area (Å²) in [4.78, 5) is 10.1. The lowest BCUT2D eigenvalue weighted by Crippen LogP contribution is -2.07. The minimum atomic E-state index is -0.645. The van der Waals surface area contributed by atoms with Crippen LogP contribution in [-0.2, 0) is 6.42 Å². The van der Waals surface area contributed by atoms with Crippen molar-refractivity contribution < 1.29 is 10.0 Å². The summed E-state index contributed by atoms with van der Waals surface area (Å²) >= 11 is 5.80. The summed E-state index contributed by atoms with van der Waals surface area (Å²) in [5.74, 6) is 0. The fourth-order valence-corrected chi connectivity index (χ4v) is 1.46. The molecule has 4 nitrogen and oxygen atoms in total. The molecule has 0 aliphatic carbocycles. The fourth-order valence-electron chi connectivity index (χ4n) is 1.22. The average molecular weight is 216 g/mol. The van der Waals surface area contributed by atoms with Gasteiger partial charge in [0.15, 0.2) is 0 Å². The quantitative estimate of drug-likeness (QED) is 0.621. The van der Waals surface area contributed by atoms with Crippen LogP contribution in [-0.4, -0.2) is 16.1 Å². The zero-order valence-electron chi connectivity index (χ0n) is 7.61. The molecule has 0 heterocycles. The highest BCUT2D eigenvalue weighted by Gasteiger charge is 2.17. The molecular weight excluding hydrogens is 206 g/mol. The van der Waals surface area contributed by atoms with Gasteiger partial charge in [-0.1, -0.05) is 17.7 Å². The van der Waals surface area contributed by atoms with E-state index in [4.69, 9.17) is 16.7 Å². The number of benzene rings is 1. The number of rotatable bonds is 3. The number of aliphatic hydroxyl groups is 1. The van der Waals surface area contributed by atoms with Crippen molar-refractivity contribution in [2.45, 2.75) is 19.4 Å². The highest BCUT2D eigenvalue weighted by Crippen LogP contribution is 2.27. The Labute approximate surface area is 86.3 Å². The molecule has 0 saturated heterocycles. The third-order valence-electron chi connectivity index (χ3n) is 1.79. The van der Waals surface area contributed by atoms with Crippen molar-refractivity contribution >= 4 is 17.3 Å². The Bertz CT molecular complexity index is 352. The summed E-state index contributed by atoms with van der Waals surface area (Å²) in [5.41, 5.74) is 0.340. The maximum atomic E-state index is 10.6. The van der Waals surface area contributed by atoms with Crippen LogP contribution in [0.5, 0.6) is 0 Å². The molecule has 0 bridgehead atoms. The van der Waals surface area contributed by atoms with Crippen molar-refractivity contribution in [1.29, 1.82) is 0 Å². The van der Waals surface area contributed by atoms with Crippen molar-refractivity contribution in [2.75, 3.05) is 0 Å². The first-order chi connectivity index (χ1) is 6.52. The molecule has 0 aliphatic rings. The monoisotopic (exact) mass is 215 g/mol. The molecule has 1 rings (SSSR count). The van der Waals surface area contributed by atoms with E-state index >= 15 is 0 Å². The molecule has 0 aliphatic heterocycles. The normalized spacial score (nSPS) is 12.5. The first-order valence-electron chi connectivity index (χ1n) is 4.12. The smallest absolute Gasteiger partial charge is 0.274 e. The maximum absolute atomic E-state index is 10.6. The van der Waals surface area contributed by atoms with E-state index in [0.29, 0.717) is 10.6 Å². The van der Waals surface area contributed by atoms with E-state index in [-0.39, 0.29) is 12.1 Å². The first kappa shape index (κ1) is 10.9. The molecule has 1 aromatic rings. The molecule has 0 radical (unpaired) electrons. The van der Waals surface area contributed by atoms with Gasteiger partial charge in [0.25, 0.3) is 5.69 Å². The number of hydrogen-bond acceptors (Lipinski definition) is 3. The third-order valence-corrected chi connectivity index (χ3v) is 2.14. The van der Waals surface area contributed by atoms with E-state index in [0.717, 1.165) is 0 Å². The van der Waals surface area contributed by atoms with Crippen LogP contribution in [0, 0.1) is 10.1 Å². The Hall–Kier alpha value is -1.13. The lowest BCUT2D eigenvalue weighted by molar-refractivity contribution is -0.385. The molecule has 76 valence electrons. The first-order valence-corrected chi connectivity index (χ1v) is 4.50.